The molecule has 0 bridgehead atoms. The van der Waals surface area contributed by atoms with Crippen molar-refractivity contribution in [3.63, 3.8) is 0 Å². The van der Waals surface area contributed by atoms with Crippen LogP contribution in [0.25, 0.3) is 0 Å². The second kappa shape index (κ2) is 10.3. The maximum atomic E-state index is 12.7. The van der Waals surface area contributed by atoms with Crippen molar-refractivity contribution in [3.05, 3.63) is 20.8 Å². The molecule has 1 saturated carbocycles. The van der Waals surface area contributed by atoms with Crippen molar-refractivity contribution in [2.24, 2.45) is 21.8 Å². The third-order valence-corrected chi connectivity index (χ3v) is 6.92. The van der Waals surface area contributed by atoms with Gasteiger partial charge < -0.3 is 19.2 Å². The number of allylic oxidation sites excluding steroid dienone is 1. The first-order valence-electron chi connectivity index (χ1n) is 10.3. The Morgan fingerprint density at radius 1 is 1.31 bits per heavy atom. The molecular weight excluding hydrogens is 552 g/mol. The van der Waals surface area contributed by atoms with E-state index in [4.69, 9.17) is 9.47 Å². The molecule has 32 heavy (non-hydrogen) atoms. The third kappa shape index (κ3) is 5.51. The molecule has 0 aromatic carbocycles. The van der Waals surface area contributed by atoms with E-state index in [9.17, 15) is 14.4 Å². The second-order valence-electron chi connectivity index (χ2n) is 8.16. The van der Waals surface area contributed by atoms with Crippen LogP contribution in [-0.4, -0.2) is 67.1 Å². The largest absolute Gasteiger partial charge is 0.456 e. The number of esters is 2. The summed E-state index contributed by atoms with van der Waals surface area (Å²) in [6.07, 6.45) is 2.14. The molecule has 0 aromatic rings. The van der Waals surface area contributed by atoms with Gasteiger partial charge in [-0.1, -0.05) is 20.3 Å². The zero-order chi connectivity index (χ0) is 23.5. The molecule has 0 radical (unpaired) electrons. The molecule has 176 valence electrons. The number of amides is 1. The highest BCUT2D eigenvalue weighted by Crippen LogP contribution is 2.59. The fraction of sp³-hybridized carbons (Fsp3) is 0.650. The van der Waals surface area contributed by atoms with Gasteiger partial charge in [0, 0.05) is 23.8 Å². The first-order chi connectivity index (χ1) is 15.2. The molecule has 1 amide bonds. The molecular formula is C20H26Br2N4O6. The van der Waals surface area contributed by atoms with Crippen molar-refractivity contribution in [2.45, 2.75) is 39.2 Å². The van der Waals surface area contributed by atoms with Crippen LogP contribution in [0.2, 0.25) is 0 Å². The topological polar surface area (TPSA) is 110 Å². The number of cyclic esters (lactones) is 1. The lowest BCUT2D eigenvalue weighted by atomic mass is 9.91. The zero-order valence-electron chi connectivity index (χ0n) is 18.2. The van der Waals surface area contributed by atoms with E-state index in [0.29, 0.717) is 41.2 Å². The van der Waals surface area contributed by atoms with Gasteiger partial charge in [-0.25, -0.2) is 4.79 Å². The van der Waals surface area contributed by atoms with Crippen molar-refractivity contribution in [3.8, 4) is 0 Å². The Hall–Kier alpha value is -1.95. The van der Waals surface area contributed by atoms with Gasteiger partial charge in [-0.3, -0.25) is 14.6 Å². The molecule has 3 aliphatic rings. The molecule has 3 atom stereocenters. The maximum Gasteiger partial charge on any atom is 0.343 e. The van der Waals surface area contributed by atoms with Crippen molar-refractivity contribution < 1.29 is 28.7 Å². The van der Waals surface area contributed by atoms with E-state index in [2.05, 4.69) is 54.1 Å². The van der Waals surface area contributed by atoms with Gasteiger partial charge in [0.2, 0.25) is 5.91 Å². The van der Waals surface area contributed by atoms with Crippen LogP contribution >= 0.6 is 31.9 Å². The second-order valence-corrected chi connectivity index (χ2v) is 10.8. The van der Waals surface area contributed by atoms with Crippen molar-refractivity contribution >= 4 is 49.7 Å². The van der Waals surface area contributed by atoms with Gasteiger partial charge in [0.05, 0.1) is 18.7 Å². The summed E-state index contributed by atoms with van der Waals surface area (Å²) >= 11 is 6.47. The van der Waals surface area contributed by atoms with E-state index in [1.807, 2.05) is 6.92 Å². The summed E-state index contributed by atoms with van der Waals surface area (Å²) in [5.74, 6) is -0.891. The van der Waals surface area contributed by atoms with Crippen LogP contribution in [0.5, 0.6) is 0 Å². The number of nitrogens with zero attached hydrogens (tertiary/aromatic N) is 4. The van der Waals surface area contributed by atoms with Crippen LogP contribution in [-0.2, 0) is 28.7 Å². The van der Waals surface area contributed by atoms with Gasteiger partial charge >= 0.3 is 11.9 Å². The molecule has 1 saturated heterocycles. The molecule has 3 unspecified atom stereocenters. The molecule has 3 rings (SSSR count). The molecule has 0 N–H and O–H groups in total. The molecule has 12 heteroatoms. The van der Waals surface area contributed by atoms with Crippen LogP contribution in [0.3, 0.4) is 0 Å². The normalized spacial score (nSPS) is 26.0. The predicted molar refractivity (Wildman–Crippen MR) is 120 cm³/mol. The maximum absolute atomic E-state index is 12.7. The standard InChI is InChI=1S/C20H26Br2N4O6/c1-4-12-11-20(12,2)17(13-9-14(18(21)22)31-19(13)29)32-16(28)10-15(27)25-5-7-26(8-6-25)23-24-30-3/h9,12,17H,4-8,10-11H2,1-3H3/b24-23+. The van der Waals surface area contributed by atoms with Crippen molar-refractivity contribution in [1.29, 1.82) is 0 Å². The Bertz CT molecular complexity index is 864. The minimum atomic E-state index is -0.775. The number of ether oxygens (including phenoxy) is 2. The first-order valence-corrected chi connectivity index (χ1v) is 11.9. The number of carbonyl (C=O) groups is 3. The molecule has 10 nitrogen and oxygen atoms in total. The quantitative estimate of drug-likeness (QED) is 0.188. The monoisotopic (exact) mass is 576 g/mol. The summed E-state index contributed by atoms with van der Waals surface area (Å²) in [5.41, 5.74) is -0.0855. The Kier molecular flexibility index (Phi) is 7.97. The molecule has 1 aliphatic carbocycles. The fourth-order valence-corrected chi connectivity index (χ4v) is 4.54. The van der Waals surface area contributed by atoms with Crippen LogP contribution in [0, 0.1) is 11.3 Å². The Morgan fingerprint density at radius 2 is 2.00 bits per heavy atom. The number of piperazine rings is 1. The van der Waals surface area contributed by atoms with Crippen LogP contribution in [0.15, 0.2) is 31.3 Å². The number of hydrogen-bond acceptors (Lipinski definition) is 8. The number of halogens is 2. The minimum absolute atomic E-state index is 0.285. The van der Waals surface area contributed by atoms with Gasteiger partial charge in [-0.2, -0.15) is 0 Å². The van der Waals surface area contributed by atoms with Gasteiger partial charge in [-0.05, 0) is 55.5 Å². The third-order valence-electron chi connectivity index (χ3n) is 6.14. The average Bonchev–Trinajstić information content (AvgIpc) is 3.29. The molecule has 2 aliphatic heterocycles. The van der Waals surface area contributed by atoms with E-state index in [-0.39, 0.29) is 16.9 Å². The van der Waals surface area contributed by atoms with E-state index in [0.717, 1.165) is 12.8 Å². The number of rotatable bonds is 8. The van der Waals surface area contributed by atoms with E-state index >= 15 is 0 Å². The van der Waals surface area contributed by atoms with Crippen LogP contribution < -0.4 is 0 Å². The van der Waals surface area contributed by atoms with E-state index in [1.54, 1.807) is 16.0 Å². The lowest BCUT2D eigenvalue weighted by Gasteiger charge is -2.32. The lowest BCUT2D eigenvalue weighted by Crippen LogP contribution is -2.47. The highest BCUT2D eigenvalue weighted by Gasteiger charge is 2.58. The van der Waals surface area contributed by atoms with Crippen molar-refractivity contribution in [1.82, 2.24) is 9.91 Å². The summed E-state index contributed by atoms with van der Waals surface area (Å²) in [6, 6.07) is 0. The fourth-order valence-electron chi connectivity index (χ4n) is 4.15. The number of carbonyl (C=O) groups excluding carboxylic acids is 3. The summed E-state index contributed by atoms with van der Waals surface area (Å²) in [4.78, 5) is 44.0. The van der Waals surface area contributed by atoms with Gasteiger partial charge in [0.1, 0.15) is 23.0 Å². The van der Waals surface area contributed by atoms with E-state index in [1.165, 1.54) is 7.11 Å². The summed E-state index contributed by atoms with van der Waals surface area (Å²) < 4.78 is 11.5. The van der Waals surface area contributed by atoms with Gasteiger partial charge in [0.15, 0.2) is 5.76 Å². The Balaban J connectivity index is 1.65. The first kappa shape index (κ1) is 24.7. The molecule has 0 spiro atoms. The average molecular weight is 578 g/mol. The minimum Gasteiger partial charge on any atom is -0.456 e. The molecule has 2 heterocycles. The Labute approximate surface area is 203 Å². The summed E-state index contributed by atoms with van der Waals surface area (Å²) in [6.45, 7) is 5.86. The number of hydrogen-bond donors (Lipinski definition) is 0. The predicted octanol–water partition coefficient (Wildman–Crippen LogP) is 3.24. The van der Waals surface area contributed by atoms with Gasteiger partial charge in [0.25, 0.3) is 0 Å². The van der Waals surface area contributed by atoms with Crippen LogP contribution in [0.4, 0.5) is 0 Å². The van der Waals surface area contributed by atoms with Crippen molar-refractivity contribution in [2.75, 3.05) is 33.3 Å². The summed E-state index contributed by atoms with van der Waals surface area (Å²) in [5, 5.41) is 9.02. The van der Waals surface area contributed by atoms with E-state index < -0.39 is 24.5 Å². The van der Waals surface area contributed by atoms with Crippen LogP contribution in [0.1, 0.15) is 33.1 Å². The highest BCUT2D eigenvalue weighted by molar-refractivity contribution is 9.28. The lowest BCUT2D eigenvalue weighted by molar-refractivity contribution is -0.155. The van der Waals surface area contributed by atoms with Gasteiger partial charge in [-0.15, -0.1) is 0 Å². The zero-order valence-corrected chi connectivity index (χ0v) is 21.3. The SMILES string of the molecule is CCC1CC1(C)C(OC(=O)CC(=O)N1CCN(/N=N/OC)CC1)C1=CC(=C(Br)Br)OC1=O. The highest BCUT2D eigenvalue weighted by atomic mass is 79.9. The molecule has 2 fully saturated rings. The summed E-state index contributed by atoms with van der Waals surface area (Å²) in [7, 11) is 1.41. The Morgan fingerprint density at radius 3 is 2.53 bits per heavy atom. The smallest absolute Gasteiger partial charge is 0.343 e. The molecule has 0 aromatic heterocycles.